The lowest BCUT2D eigenvalue weighted by Crippen LogP contribution is -2.58. The van der Waals surface area contributed by atoms with E-state index in [-0.39, 0.29) is 5.60 Å². The zero-order valence-electron chi connectivity index (χ0n) is 15.2. The summed E-state index contributed by atoms with van der Waals surface area (Å²) >= 11 is 0. The maximum atomic E-state index is 6.46. The third-order valence-electron chi connectivity index (χ3n) is 5.32. The third-order valence-corrected chi connectivity index (χ3v) is 5.32. The summed E-state index contributed by atoms with van der Waals surface area (Å²) in [7, 11) is 1.78. The lowest BCUT2D eigenvalue weighted by Gasteiger charge is -2.49. The number of benzene rings is 1. The van der Waals surface area contributed by atoms with Crippen molar-refractivity contribution in [1.82, 2.24) is 9.80 Å². The SMILES string of the molecule is COCCCN1CCC2(CC1)CN(Cc1ccccc1)CC(C)O2. The molecule has 2 aliphatic rings. The first kappa shape index (κ1) is 17.9. The van der Waals surface area contributed by atoms with Gasteiger partial charge < -0.3 is 14.4 Å². The van der Waals surface area contributed by atoms with E-state index in [1.807, 2.05) is 0 Å². The van der Waals surface area contributed by atoms with Gasteiger partial charge in [0.2, 0.25) is 0 Å². The highest BCUT2D eigenvalue weighted by Crippen LogP contribution is 2.33. The largest absolute Gasteiger partial charge is 0.385 e. The van der Waals surface area contributed by atoms with E-state index < -0.39 is 0 Å². The van der Waals surface area contributed by atoms with Gasteiger partial charge in [-0.3, -0.25) is 4.90 Å². The van der Waals surface area contributed by atoms with Crippen molar-refractivity contribution in [3.05, 3.63) is 35.9 Å². The minimum Gasteiger partial charge on any atom is -0.385 e. The van der Waals surface area contributed by atoms with Crippen LogP contribution in [0.15, 0.2) is 30.3 Å². The highest BCUT2D eigenvalue weighted by molar-refractivity contribution is 5.14. The molecule has 134 valence electrons. The lowest BCUT2D eigenvalue weighted by molar-refractivity contribution is -0.171. The molecule has 0 bridgehead atoms. The number of likely N-dealkylation sites (tertiary alicyclic amines) is 1. The van der Waals surface area contributed by atoms with Gasteiger partial charge in [-0.25, -0.2) is 0 Å². The predicted octanol–water partition coefficient (Wildman–Crippen LogP) is 2.78. The molecule has 1 aromatic rings. The molecular formula is C20H32N2O2. The number of ether oxygens (including phenoxy) is 2. The van der Waals surface area contributed by atoms with Crippen LogP contribution in [0.2, 0.25) is 0 Å². The molecule has 0 saturated carbocycles. The Hall–Kier alpha value is -0.940. The van der Waals surface area contributed by atoms with Gasteiger partial charge in [-0.1, -0.05) is 30.3 Å². The zero-order chi connectivity index (χ0) is 16.8. The van der Waals surface area contributed by atoms with E-state index in [2.05, 4.69) is 47.1 Å². The molecule has 1 spiro atoms. The minimum absolute atomic E-state index is 0.0597. The Labute approximate surface area is 146 Å². The number of hydrogen-bond acceptors (Lipinski definition) is 4. The molecule has 0 amide bonds. The molecule has 0 aliphatic carbocycles. The predicted molar refractivity (Wildman–Crippen MR) is 97.2 cm³/mol. The van der Waals surface area contributed by atoms with Gasteiger partial charge in [-0.05, 0) is 31.7 Å². The first-order valence-electron chi connectivity index (χ1n) is 9.34. The monoisotopic (exact) mass is 332 g/mol. The second kappa shape index (κ2) is 8.43. The first-order valence-corrected chi connectivity index (χ1v) is 9.34. The topological polar surface area (TPSA) is 24.9 Å². The fourth-order valence-electron chi connectivity index (χ4n) is 4.19. The van der Waals surface area contributed by atoms with Crippen molar-refractivity contribution >= 4 is 0 Å². The van der Waals surface area contributed by atoms with E-state index in [4.69, 9.17) is 9.47 Å². The highest BCUT2D eigenvalue weighted by Gasteiger charge is 2.41. The lowest BCUT2D eigenvalue weighted by atomic mass is 9.88. The van der Waals surface area contributed by atoms with Crippen LogP contribution in [0.1, 0.15) is 31.7 Å². The Morgan fingerprint density at radius 2 is 1.92 bits per heavy atom. The van der Waals surface area contributed by atoms with Crippen molar-refractivity contribution in [3.63, 3.8) is 0 Å². The van der Waals surface area contributed by atoms with Gasteiger partial charge in [-0.2, -0.15) is 0 Å². The quantitative estimate of drug-likeness (QED) is 0.748. The van der Waals surface area contributed by atoms with E-state index in [1.165, 1.54) is 5.56 Å². The normalized spacial score (nSPS) is 25.2. The summed E-state index contributed by atoms with van der Waals surface area (Å²) in [5, 5.41) is 0. The summed E-state index contributed by atoms with van der Waals surface area (Å²) < 4.78 is 11.6. The molecule has 2 saturated heterocycles. The van der Waals surface area contributed by atoms with Crippen LogP contribution in [0, 0.1) is 0 Å². The second-order valence-electron chi connectivity index (χ2n) is 7.45. The summed E-state index contributed by atoms with van der Waals surface area (Å²) in [5.74, 6) is 0. The van der Waals surface area contributed by atoms with Gasteiger partial charge in [0.05, 0.1) is 11.7 Å². The molecule has 4 heteroatoms. The molecule has 2 fully saturated rings. The van der Waals surface area contributed by atoms with Crippen LogP contribution >= 0.6 is 0 Å². The Bertz CT molecular complexity index is 486. The summed E-state index contributed by atoms with van der Waals surface area (Å²) in [6.45, 7) is 9.67. The molecule has 0 radical (unpaired) electrons. The van der Waals surface area contributed by atoms with E-state index in [0.717, 1.165) is 65.1 Å². The number of hydrogen-bond donors (Lipinski definition) is 0. The van der Waals surface area contributed by atoms with Gasteiger partial charge in [0.25, 0.3) is 0 Å². The van der Waals surface area contributed by atoms with Crippen molar-refractivity contribution in [2.24, 2.45) is 0 Å². The molecule has 4 nitrogen and oxygen atoms in total. The second-order valence-corrected chi connectivity index (χ2v) is 7.45. The Kier molecular flexibility index (Phi) is 6.28. The van der Waals surface area contributed by atoms with E-state index in [1.54, 1.807) is 7.11 Å². The fourth-order valence-corrected chi connectivity index (χ4v) is 4.19. The van der Waals surface area contributed by atoms with Gasteiger partial charge in [0.1, 0.15) is 0 Å². The average Bonchev–Trinajstić information content (AvgIpc) is 2.57. The molecule has 0 aromatic heterocycles. The van der Waals surface area contributed by atoms with Gasteiger partial charge >= 0.3 is 0 Å². The summed E-state index contributed by atoms with van der Waals surface area (Å²) in [5.41, 5.74) is 1.46. The Morgan fingerprint density at radius 1 is 1.17 bits per heavy atom. The van der Waals surface area contributed by atoms with E-state index in [9.17, 15) is 0 Å². The van der Waals surface area contributed by atoms with E-state index in [0.29, 0.717) is 6.10 Å². The van der Waals surface area contributed by atoms with Crippen molar-refractivity contribution in [1.29, 1.82) is 0 Å². The van der Waals surface area contributed by atoms with Crippen LogP contribution in [-0.4, -0.2) is 67.9 Å². The molecule has 3 rings (SSSR count). The van der Waals surface area contributed by atoms with Gasteiger partial charge in [-0.15, -0.1) is 0 Å². The maximum Gasteiger partial charge on any atom is 0.0837 e. The molecule has 24 heavy (non-hydrogen) atoms. The molecule has 1 unspecified atom stereocenters. The van der Waals surface area contributed by atoms with Crippen LogP contribution in [0.3, 0.4) is 0 Å². The highest BCUT2D eigenvalue weighted by atomic mass is 16.5. The average molecular weight is 332 g/mol. The van der Waals surface area contributed by atoms with E-state index >= 15 is 0 Å². The number of nitrogens with zero attached hydrogens (tertiary/aromatic N) is 2. The van der Waals surface area contributed by atoms with Crippen LogP contribution in [0.4, 0.5) is 0 Å². The Balaban J connectivity index is 1.54. The van der Waals surface area contributed by atoms with Crippen molar-refractivity contribution < 1.29 is 9.47 Å². The van der Waals surface area contributed by atoms with Crippen molar-refractivity contribution in [2.45, 2.75) is 44.4 Å². The summed E-state index contributed by atoms with van der Waals surface area (Å²) in [4.78, 5) is 5.15. The fraction of sp³-hybridized carbons (Fsp3) is 0.700. The van der Waals surface area contributed by atoms with Crippen LogP contribution < -0.4 is 0 Å². The molecule has 1 aromatic carbocycles. The smallest absolute Gasteiger partial charge is 0.0837 e. The van der Waals surface area contributed by atoms with Crippen LogP contribution in [0.25, 0.3) is 0 Å². The standard InChI is InChI=1S/C20H32N2O2/c1-18-15-22(16-19-7-4-3-5-8-19)17-20(24-18)9-12-21(13-10-20)11-6-14-23-2/h3-5,7-8,18H,6,9-17H2,1-2H3. The maximum absolute atomic E-state index is 6.46. The van der Waals surface area contributed by atoms with Crippen molar-refractivity contribution in [3.8, 4) is 0 Å². The summed E-state index contributed by atoms with van der Waals surface area (Å²) in [6.07, 6.45) is 3.74. The minimum atomic E-state index is 0.0597. The number of morpholine rings is 1. The summed E-state index contributed by atoms with van der Waals surface area (Å²) in [6, 6.07) is 10.8. The van der Waals surface area contributed by atoms with Crippen molar-refractivity contribution in [2.75, 3.05) is 46.4 Å². The molecule has 0 N–H and O–H groups in total. The van der Waals surface area contributed by atoms with Crippen LogP contribution in [-0.2, 0) is 16.0 Å². The van der Waals surface area contributed by atoms with Gasteiger partial charge in [0, 0.05) is 53.0 Å². The van der Waals surface area contributed by atoms with Crippen LogP contribution in [0.5, 0.6) is 0 Å². The third kappa shape index (κ3) is 4.79. The molecule has 1 atom stereocenters. The number of piperidine rings is 1. The zero-order valence-corrected chi connectivity index (χ0v) is 15.2. The Morgan fingerprint density at radius 3 is 2.62 bits per heavy atom. The molecule has 2 heterocycles. The number of rotatable bonds is 6. The molecular weight excluding hydrogens is 300 g/mol. The number of methoxy groups -OCH3 is 1. The molecule has 2 aliphatic heterocycles. The first-order chi connectivity index (χ1) is 11.7. The van der Waals surface area contributed by atoms with Gasteiger partial charge in [0.15, 0.2) is 0 Å².